The molecule has 2 aliphatic carbocycles. The third-order valence-electron chi connectivity index (χ3n) is 6.23. The lowest BCUT2D eigenvalue weighted by Crippen LogP contribution is -2.43. The van der Waals surface area contributed by atoms with E-state index in [-0.39, 0.29) is 11.4 Å². The van der Waals surface area contributed by atoms with Gasteiger partial charge in [-0.2, -0.15) is 0 Å². The van der Waals surface area contributed by atoms with Crippen molar-refractivity contribution in [1.29, 1.82) is 0 Å². The van der Waals surface area contributed by atoms with E-state index in [0.717, 1.165) is 42.5 Å². The Kier molecular flexibility index (Phi) is 5.24. The number of carbonyl (C=O) groups is 2. The van der Waals surface area contributed by atoms with Crippen molar-refractivity contribution in [3.63, 3.8) is 0 Å². The van der Waals surface area contributed by atoms with Crippen LogP contribution in [0.3, 0.4) is 0 Å². The van der Waals surface area contributed by atoms with E-state index in [1.54, 1.807) is 6.20 Å². The predicted molar refractivity (Wildman–Crippen MR) is 109 cm³/mol. The van der Waals surface area contributed by atoms with Gasteiger partial charge in [0.1, 0.15) is 11.6 Å². The number of amides is 1. The van der Waals surface area contributed by atoms with Crippen LogP contribution in [0.2, 0.25) is 0 Å². The van der Waals surface area contributed by atoms with Crippen molar-refractivity contribution in [2.45, 2.75) is 76.5 Å². The minimum absolute atomic E-state index is 0.104. The molecule has 1 atom stereocenters. The Labute approximate surface area is 175 Å². The highest BCUT2D eigenvalue weighted by Crippen LogP contribution is 2.53. The molecule has 1 aromatic rings. The van der Waals surface area contributed by atoms with Gasteiger partial charge >= 0.3 is 5.97 Å². The fourth-order valence-electron chi connectivity index (χ4n) is 4.78. The quantitative estimate of drug-likeness (QED) is 0.734. The van der Waals surface area contributed by atoms with Crippen molar-refractivity contribution in [1.82, 2.24) is 15.2 Å². The van der Waals surface area contributed by atoms with E-state index in [1.807, 2.05) is 25.3 Å². The Balaban J connectivity index is 1.71. The number of nitrogens with one attached hydrogen (secondary N) is 2. The largest absolute Gasteiger partial charge is 0.459 e. The van der Waals surface area contributed by atoms with Crippen molar-refractivity contribution in [3.05, 3.63) is 29.1 Å². The molecule has 0 aromatic carbocycles. The molecule has 0 bridgehead atoms. The SMILES string of the molecule is CC(C)(C)OC(=O)C1Cn2cc(C(=O)NCC(F)F)c3c2C(=CCC32CCC2)CN1. The van der Waals surface area contributed by atoms with Gasteiger partial charge in [-0.15, -0.1) is 0 Å². The lowest BCUT2D eigenvalue weighted by Gasteiger charge is -2.45. The van der Waals surface area contributed by atoms with Gasteiger partial charge in [0.2, 0.25) is 0 Å². The topological polar surface area (TPSA) is 72.4 Å². The summed E-state index contributed by atoms with van der Waals surface area (Å²) in [7, 11) is 0. The number of hydrogen-bond donors (Lipinski definition) is 2. The number of ether oxygens (including phenoxy) is 1. The molecule has 1 aromatic heterocycles. The van der Waals surface area contributed by atoms with E-state index < -0.39 is 30.5 Å². The van der Waals surface area contributed by atoms with Crippen molar-refractivity contribution in [2.75, 3.05) is 13.1 Å². The molecular weight excluding hydrogens is 392 g/mol. The van der Waals surface area contributed by atoms with E-state index in [9.17, 15) is 18.4 Å². The molecule has 1 spiro atoms. The van der Waals surface area contributed by atoms with Gasteiger partial charge < -0.3 is 14.6 Å². The number of nitrogens with zero attached hydrogens (tertiary/aromatic N) is 1. The summed E-state index contributed by atoms with van der Waals surface area (Å²) in [5.74, 6) is -0.813. The lowest BCUT2D eigenvalue weighted by molar-refractivity contribution is -0.157. The van der Waals surface area contributed by atoms with Crippen molar-refractivity contribution < 1.29 is 23.1 Å². The Morgan fingerprint density at radius 1 is 1.37 bits per heavy atom. The molecule has 6 nitrogen and oxygen atoms in total. The molecule has 8 heteroatoms. The van der Waals surface area contributed by atoms with Crippen LogP contribution in [0.25, 0.3) is 5.57 Å². The van der Waals surface area contributed by atoms with Gasteiger partial charge in [-0.25, -0.2) is 8.78 Å². The third kappa shape index (κ3) is 3.77. The molecule has 1 unspecified atom stereocenters. The minimum Gasteiger partial charge on any atom is -0.459 e. The number of rotatable bonds is 4. The second-order valence-corrected chi connectivity index (χ2v) is 9.55. The summed E-state index contributed by atoms with van der Waals surface area (Å²) in [5.41, 5.74) is 2.72. The average molecular weight is 421 g/mol. The fourth-order valence-corrected chi connectivity index (χ4v) is 4.78. The predicted octanol–water partition coefficient (Wildman–Crippen LogP) is 3.01. The molecule has 3 aliphatic rings. The summed E-state index contributed by atoms with van der Waals surface area (Å²) in [6.45, 7) is 5.63. The van der Waals surface area contributed by atoms with E-state index in [4.69, 9.17) is 4.74 Å². The molecule has 4 rings (SSSR count). The van der Waals surface area contributed by atoms with Gasteiger partial charge in [0.25, 0.3) is 12.3 Å². The molecule has 0 radical (unpaired) electrons. The zero-order valence-electron chi connectivity index (χ0n) is 17.7. The van der Waals surface area contributed by atoms with Gasteiger partial charge in [0, 0.05) is 30.4 Å². The highest BCUT2D eigenvalue weighted by atomic mass is 19.3. The van der Waals surface area contributed by atoms with Crippen LogP contribution in [0.1, 0.15) is 68.1 Å². The number of carbonyl (C=O) groups excluding carboxylic acids is 2. The van der Waals surface area contributed by atoms with Crippen LogP contribution in [0, 0.1) is 0 Å². The molecule has 1 saturated carbocycles. The molecule has 1 amide bonds. The first-order valence-electron chi connectivity index (χ1n) is 10.6. The second-order valence-electron chi connectivity index (χ2n) is 9.55. The monoisotopic (exact) mass is 421 g/mol. The molecular formula is C22H29F2N3O3. The number of aromatic nitrogens is 1. The number of alkyl halides is 2. The Bertz CT molecular complexity index is 894. The van der Waals surface area contributed by atoms with Crippen LogP contribution >= 0.6 is 0 Å². The number of allylic oxidation sites excluding steroid dienone is 1. The van der Waals surface area contributed by atoms with Crippen molar-refractivity contribution in [3.8, 4) is 0 Å². The summed E-state index contributed by atoms with van der Waals surface area (Å²) in [6.07, 6.45) is 5.20. The minimum atomic E-state index is -2.60. The molecule has 0 saturated heterocycles. The summed E-state index contributed by atoms with van der Waals surface area (Å²) < 4.78 is 32.8. The molecule has 2 heterocycles. The van der Waals surface area contributed by atoms with Crippen molar-refractivity contribution >= 4 is 17.4 Å². The number of halogens is 2. The molecule has 1 aliphatic heterocycles. The van der Waals surface area contributed by atoms with E-state index >= 15 is 0 Å². The molecule has 30 heavy (non-hydrogen) atoms. The Morgan fingerprint density at radius 2 is 2.10 bits per heavy atom. The van der Waals surface area contributed by atoms with Crippen LogP contribution < -0.4 is 10.6 Å². The zero-order valence-corrected chi connectivity index (χ0v) is 17.7. The first kappa shape index (κ1) is 21.0. The van der Waals surface area contributed by atoms with Crippen molar-refractivity contribution in [2.24, 2.45) is 0 Å². The van der Waals surface area contributed by atoms with E-state index in [0.29, 0.717) is 18.7 Å². The first-order chi connectivity index (χ1) is 14.1. The fraction of sp³-hybridized carbons (Fsp3) is 0.636. The summed E-state index contributed by atoms with van der Waals surface area (Å²) in [4.78, 5) is 25.5. The van der Waals surface area contributed by atoms with Crippen LogP contribution in [0.5, 0.6) is 0 Å². The maximum Gasteiger partial charge on any atom is 0.325 e. The van der Waals surface area contributed by atoms with Crippen LogP contribution in [0.15, 0.2) is 12.3 Å². The van der Waals surface area contributed by atoms with Gasteiger partial charge in [-0.1, -0.05) is 12.5 Å². The van der Waals surface area contributed by atoms with Gasteiger partial charge in [-0.05, 0) is 51.2 Å². The smallest absolute Gasteiger partial charge is 0.325 e. The summed E-state index contributed by atoms with van der Waals surface area (Å²) in [5, 5.41) is 5.65. The van der Waals surface area contributed by atoms with E-state index in [2.05, 4.69) is 16.7 Å². The molecule has 164 valence electrons. The second kappa shape index (κ2) is 7.48. The normalized spacial score (nSPS) is 22.1. The number of hydrogen-bond acceptors (Lipinski definition) is 4. The third-order valence-corrected chi connectivity index (χ3v) is 6.23. The lowest BCUT2D eigenvalue weighted by atomic mass is 9.59. The Morgan fingerprint density at radius 3 is 2.70 bits per heavy atom. The standard InChI is InChI=1S/C22H29F2N3O3/c1-21(2,3)30-20(29)15-12-27-11-14(19(28)26-10-16(23)24)17-18(27)13(9-25-15)5-8-22(17)6-4-7-22/h5,11,15-16,25H,4,6-10,12H2,1-3H3,(H,26,28). The summed E-state index contributed by atoms with van der Waals surface area (Å²) in [6, 6.07) is -0.554. The number of fused-ring (bicyclic) bond motifs is 1. The highest BCUT2D eigenvalue weighted by Gasteiger charge is 2.47. The molecule has 2 N–H and O–H groups in total. The van der Waals surface area contributed by atoms with Gasteiger partial charge in [0.15, 0.2) is 0 Å². The maximum absolute atomic E-state index is 12.8. The van der Waals surface area contributed by atoms with Crippen LogP contribution in [-0.4, -0.2) is 47.6 Å². The van der Waals surface area contributed by atoms with Gasteiger partial charge in [0.05, 0.1) is 12.1 Å². The zero-order chi connectivity index (χ0) is 21.7. The first-order valence-corrected chi connectivity index (χ1v) is 10.6. The average Bonchev–Trinajstić information content (AvgIpc) is 2.89. The number of esters is 1. The highest BCUT2D eigenvalue weighted by molar-refractivity contribution is 5.98. The van der Waals surface area contributed by atoms with E-state index in [1.165, 1.54) is 0 Å². The summed E-state index contributed by atoms with van der Waals surface area (Å²) >= 11 is 0. The van der Waals surface area contributed by atoms with Gasteiger partial charge in [-0.3, -0.25) is 14.9 Å². The van der Waals surface area contributed by atoms with Crippen LogP contribution in [0.4, 0.5) is 8.78 Å². The Hall–Kier alpha value is -2.22. The maximum atomic E-state index is 12.8. The van der Waals surface area contributed by atoms with Crippen LogP contribution in [-0.2, 0) is 21.5 Å². The molecule has 1 fully saturated rings.